The summed E-state index contributed by atoms with van der Waals surface area (Å²) in [6, 6.07) is 0. The van der Waals surface area contributed by atoms with E-state index in [0.29, 0.717) is 12.3 Å². The lowest BCUT2D eigenvalue weighted by atomic mass is 10.00. The molecule has 4 nitrogen and oxygen atoms in total. The number of piperidine rings is 1. The van der Waals surface area contributed by atoms with Crippen LogP contribution in [0.5, 0.6) is 0 Å². The molecule has 1 aromatic rings. The van der Waals surface area contributed by atoms with Gasteiger partial charge < -0.3 is 9.32 Å². The van der Waals surface area contributed by atoms with E-state index in [1.807, 2.05) is 4.90 Å². The first-order chi connectivity index (χ1) is 7.25. The standard InChI is InChI=1S/C11H16N2O2/c1-9-3-2-4-13(6-9)11(14)5-10-7-15-8-12-10/h7-9H,2-6H2,1H3. The Bertz CT molecular complexity index is 321. The Labute approximate surface area is 89.3 Å². The summed E-state index contributed by atoms with van der Waals surface area (Å²) in [4.78, 5) is 17.7. The molecule has 1 amide bonds. The monoisotopic (exact) mass is 208 g/mol. The van der Waals surface area contributed by atoms with Crippen LogP contribution in [0.15, 0.2) is 17.1 Å². The van der Waals surface area contributed by atoms with Gasteiger partial charge in [0.25, 0.3) is 0 Å². The molecule has 0 saturated carbocycles. The number of amides is 1. The fourth-order valence-electron chi connectivity index (χ4n) is 2.01. The summed E-state index contributed by atoms with van der Waals surface area (Å²) in [7, 11) is 0. The summed E-state index contributed by atoms with van der Waals surface area (Å²) >= 11 is 0. The normalized spacial score (nSPS) is 21.7. The van der Waals surface area contributed by atoms with Crippen LogP contribution >= 0.6 is 0 Å². The van der Waals surface area contributed by atoms with Crippen molar-refractivity contribution in [1.29, 1.82) is 0 Å². The second-order valence-electron chi connectivity index (χ2n) is 4.24. The molecule has 0 spiro atoms. The number of nitrogens with zero attached hydrogens (tertiary/aromatic N) is 2. The van der Waals surface area contributed by atoms with Crippen LogP contribution in [0.1, 0.15) is 25.5 Å². The predicted molar refractivity (Wildman–Crippen MR) is 55.2 cm³/mol. The van der Waals surface area contributed by atoms with Crippen molar-refractivity contribution in [3.8, 4) is 0 Å². The number of oxazole rings is 1. The van der Waals surface area contributed by atoms with Gasteiger partial charge in [-0.1, -0.05) is 6.92 Å². The fourth-order valence-corrected chi connectivity index (χ4v) is 2.01. The van der Waals surface area contributed by atoms with Gasteiger partial charge in [-0.25, -0.2) is 4.98 Å². The molecule has 2 heterocycles. The van der Waals surface area contributed by atoms with Crippen LogP contribution in [0, 0.1) is 5.92 Å². The van der Waals surface area contributed by atoms with E-state index in [4.69, 9.17) is 4.42 Å². The van der Waals surface area contributed by atoms with E-state index in [2.05, 4.69) is 11.9 Å². The fraction of sp³-hybridized carbons (Fsp3) is 0.636. The third kappa shape index (κ3) is 2.58. The minimum Gasteiger partial charge on any atom is -0.451 e. The number of aromatic nitrogens is 1. The molecule has 15 heavy (non-hydrogen) atoms. The Morgan fingerprint density at radius 3 is 3.27 bits per heavy atom. The van der Waals surface area contributed by atoms with Gasteiger partial charge in [-0.05, 0) is 18.8 Å². The molecule has 2 rings (SSSR count). The summed E-state index contributed by atoms with van der Waals surface area (Å²) in [5.74, 6) is 0.787. The zero-order chi connectivity index (χ0) is 10.7. The number of hydrogen-bond donors (Lipinski definition) is 0. The lowest BCUT2D eigenvalue weighted by Crippen LogP contribution is -2.39. The second-order valence-corrected chi connectivity index (χ2v) is 4.24. The Hall–Kier alpha value is -1.32. The summed E-state index contributed by atoms with van der Waals surface area (Å²) in [6.07, 6.45) is 5.61. The molecule has 1 fully saturated rings. The maximum atomic E-state index is 11.9. The molecule has 1 saturated heterocycles. The molecule has 82 valence electrons. The van der Waals surface area contributed by atoms with Crippen LogP contribution in [0.3, 0.4) is 0 Å². The number of likely N-dealkylation sites (tertiary alicyclic amines) is 1. The van der Waals surface area contributed by atoms with Crippen LogP contribution in [0.4, 0.5) is 0 Å². The van der Waals surface area contributed by atoms with Crippen LogP contribution in [0.2, 0.25) is 0 Å². The first-order valence-electron chi connectivity index (χ1n) is 5.40. The van der Waals surface area contributed by atoms with Crippen molar-refractivity contribution in [3.05, 3.63) is 18.4 Å². The van der Waals surface area contributed by atoms with Gasteiger partial charge in [0.05, 0.1) is 12.1 Å². The zero-order valence-corrected chi connectivity index (χ0v) is 8.98. The lowest BCUT2D eigenvalue weighted by Gasteiger charge is -2.30. The number of rotatable bonds is 2. The van der Waals surface area contributed by atoms with Crippen molar-refractivity contribution in [3.63, 3.8) is 0 Å². The quantitative estimate of drug-likeness (QED) is 0.739. The molecule has 0 aromatic carbocycles. The van der Waals surface area contributed by atoms with Crippen molar-refractivity contribution in [2.45, 2.75) is 26.2 Å². The average Bonchev–Trinajstić information content (AvgIpc) is 2.70. The molecule has 1 unspecified atom stereocenters. The lowest BCUT2D eigenvalue weighted by molar-refractivity contribution is -0.132. The Morgan fingerprint density at radius 2 is 2.60 bits per heavy atom. The van der Waals surface area contributed by atoms with Crippen molar-refractivity contribution in [1.82, 2.24) is 9.88 Å². The van der Waals surface area contributed by atoms with Gasteiger partial charge in [0, 0.05) is 13.1 Å². The third-order valence-electron chi connectivity index (χ3n) is 2.83. The summed E-state index contributed by atoms with van der Waals surface area (Å²) < 4.78 is 4.84. The molecule has 1 aromatic heterocycles. The third-order valence-corrected chi connectivity index (χ3v) is 2.83. The van der Waals surface area contributed by atoms with Gasteiger partial charge >= 0.3 is 0 Å². The van der Waals surface area contributed by atoms with Crippen molar-refractivity contribution in [2.75, 3.05) is 13.1 Å². The Balaban J connectivity index is 1.90. The maximum Gasteiger partial charge on any atom is 0.228 e. The smallest absolute Gasteiger partial charge is 0.228 e. The number of carbonyl (C=O) groups is 1. The molecule has 0 radical (unpaired) electrons. The largest absolute Gasteiger partial charge is 0.451 e. The number of hydrogen-bond acceptors (Lipinski definition) is 3. The molecule has 1 aliphatic heterocycles. The maximum absolute atomic E-state index is 11.9. The first-order valence-corrected chi connectivity index (χ1v) is 5.40. The van der Waals surface area contributed by atoms with Gasteiger partial charge in [-0.15, -0.1) is 0 Å². The van der Waals surface area contributed by atoms with Gasteiger partial charge in [0.1, 0.15) is 6.26 Å². The highest BCUT2D eigenvalue weighted by Crippen LogP contribution is 2.16. The summed E-state index contributed by atoms with van der Waals surface area (Å²) in [5.41, 5.74) is 0.721. The first kappa shape index (κ1) is 10.2. The van der Waals surface area contributed by atoms with E-state index in [-0.39, 0.29) is 5.91 Å². The van der Waals surface area contributed by atoms with Gasteiger partial charge in [-0.2, -0.15) is 0 Å². The van der Waals surface area contributed by atoms with E-state index in [1.54, 1.807) is 0 Å². The van der Waals surface area contributed by atoms with E-state index in [0.717, 1.165) is 25.2 Å². The van der Waals surface area contributed by atoms with E-state index in [1.165, 1.54) is 19.1 Å². The zero-order valence-electron chi connectivity index (χ0n) is 8.98. The molecular weight excluding hydrogens is 192 g/mol. The molecular formula is C11H16N2O2. The van der Waals surface area contributed by atoms with Crippen molar-refractivity contribution in [2.24, 2.45) is 5.92 Å². The highest BCUT2D eigenvalue weighted by molar-refractivity contribution is 5.78. The summed E-state index contributed by atoms with van der Waals surface area (Å²) in [5, 5.41) is 0. The van der Waals surface area contributed by atoms with E-state index < -0.39 is 0 Å². The molecule has 0 aliphatic carbocycles. The predicted octanol–water partition coefficient (Wildman–Crippen LogP) is 1.48. The summed E-state index contributed by atoms with van der Waals surface area (Å²) in [6.45, 7) is 3.97. The molecule has 1 aliphatic rings. The molecule has 4 heteroatoms. The SMILES string of the molecule is CC1CCCN(C(=O)Cc2cocn2)C1. The Kier molecular flexibility index (Phi) is 3.04. The van der Waals surface area contributed by atoms with Gasteiger partial charge in [0.15, 0.2) is 6.39 Å². The van der Waals surface area contributed by atoms with Crippen LogP contribution < -0.4 is 0 Å². The highest BCUT2D eigenvalue weighted by Gasteiger charge is 2.21. The van der Waals surface area contributed by atoms with Gasteiger partial charge in [0.2, 0.25) is 5.91 Å². The van der Waals surface area contributed by atoms with E-state index in [9.17, 15) is 4.79 Å². The van der Waals surface area contributed by atoms with Crippen molar-refractivity contribution < 1.29 is 9.21 Å². The van der Waals surface area contributed by atoms with Crippen LogP contribution in [0.25, 0.3) is 0 Å². The molecule has 0 bridgehead atoms. The minimum absolute atomic E-state index is 0.162. The Morgan fingerprint density at radius 1 is 1.73 bits per heavy atom. The highest BCUT2D eigenvalue weighted by atomic mass is 16.3. The van der Waals surface area contributed by atoms with Gasteiger partial charge in [-0.3, -0.25) is 4.79 Å². The molecule has 1 atom stereocenters. The van der Waals surface area contributed by atoms with Crippen molar-refractivity contribution >= 4 is 5.91 Å². The number of carbonyl (C=O) groups excluding carboxylic acids is 1. The van der Waals surface area contributed by atoms with Crippen LogP contribution in [-0.4, -0.2) is 28.9 Å². The molecule has 0 N–H and O–H groups in total. The average molecular weight is 208 g/mol. The second kappa shape index (κ2) is 4.47. The minimum atomic E-state index is 0.162. The van der Waals surface area contributed by atoms with Crippen LogP contribution in [-0.2, 0) is 11.2 Å². The topological polar surface area (TPSA) is 46.3 Å². The van der Waals surface area contributed by atoms with E-state index >= 15 is 0 Å².